The molecule has 1 N–H and O–H groups in total. The lowest BCUT2D eigenvalue weighted by Gasteiger charge is -2.33. The Bertz CT molecular complexity index is 561. The lowest BCUT2D eigenvalue weighted by molar-refractivity contribution is 0.131. The summed E-state index contributed by atoms with van der Waals surface area (Å²) < 4.78 is 24.0. The average molecular weight is 362 g/mol. The molecule has 0 saturated carbocycles. The van der Waals surface area contributed by atoms with Gasteiger partial charge < -0.3 is 5.11 Å². The molecule has 1 aromatic rings. The van der Waals surface area contributed by atoms with Gasteiger partial charge in [-0.1, -0.05) is 34.1 Å². The minimum atomic E-state index is -2.87. The summed E-state index contributed by atoms with van der Waals surface area (Å²) in [6.45, 7) is 3.20. The summed E-state index contributed by atoms with van der Waals surface area (Å²) in [4.78, 5) is 2.14. The summed E-state index contributed by atoms with van der Waals surface area (Å²) in [6.07, 6.45) is 0.0730. The molecule has 0 amide bonds. The summed E-state index contributed by atoms with van der Waals surface area (Å²) in [7, 11) is -2.87. The van der Waals surface area contributed by atoms with E-state index in [0.717, 1.165) is 10.0 Å². The molecule has 1 fully saturated rings. The number of rotatable bonds is 4. The van der Waals surface area contributed by atoms with E-state index in [1.807, 2.05) is 31.2 Å². The molecule has 0 aromatic heterocycles. The number of sulfone groups is 1. The van der Waals surface area contributed by atoms with E-state index in [9.17, 15) is 13.5 Å². The largest absolute Gasteiger partial charge is 0.388 e. The third kappa shape index (κ3) is 4.04. The van der Waals surface area contributed by atoms with Gasteiger partial charge in [-0.25, -0.2) is 8.42 Å². The van der Waals surface area contributed by atoms with Crippen molar-refractivity contribution >= 4 is 25.8 Å². The molecule has 1 heterocycles. The van der Waals surface area contributed by atoms with E-state index in [2.05, 4.69) is 20.8 Å². The van der Waals surface area contributed by atoms with E-state index in [1.165, 1.54) is 0 Å². The first kappa shape index (κ1) is 15.9. The average Bonchev–Trinajstić information content (AvgIpc) is 2.37. The lowest BCUT2D eigenvalue weighted by Crippen LogP contribution is -2.47. The molecule has 1 aromatic carbocycles. The van der Waals surface area contributed by atoms with Crippen LogP contribution in [0, 0.1) is 0 Å². The molecule has 6 heteroatoms. The highest BCUT2D eigenvalue weighted by atomic mass is 79.9. The lowest BCUT2D eigenvalue weighted by atomic mass is 10.1. The Hall–Kier alpha value is -0.430. The van der Waals surface area contributed by atoms with Crippen LogP contribution in [0.2, 0.25) is 0 Å². The van der Waals surface area contributed by atoms with Gasteiger partial charge in [0, 0.05) is 23.6 Å². The molecule has 4 nitrogen and oxygen atoms in total. The van der Waals surface area contributed by atoms with Crippen molar-refractivity contribution in [3.8, 4) is 0 Å². The molecule has 1 aliphatic heterocycles. The second-order valence-electron chi connectivity index (χ2n) is 5.33. The van der Waals surface area contributed by atoms with Gasteiger partial charge >= 0.3 is 0 Å². The predicted molar refractivity (Wildman–Crippen MR) is 83.4 cm³/mol. The number of aliphatic hydroxyl groups excluding tert-OH is 1. The fourth-order valence-electron chi connectivity index (χ4n) is 2.55. The summed E-state index contributed by atoms with van der Waals surface area (Å²) in [5.41, 5.74) is 0.879. The van der Waals surface area contributed by atoms with Gasteiger partial charge in [-0.3, -0.25) is 4.90 Å². The van der Waals surface area contributed by atoms with Crippen molar-refractivity contribution in [1.82, 2.24) is 4.90 Å². The zero-order valence-electron chi connectivity index (χ0n) is 11.5. The van der Waals surface area contributed by atoms with E-state index >= 15 is 0 Å². The molecular formula is C14H20BrNO3S. The molecule has 112 valence electrons. The van der Waals surface area contributed by atoms with Gasteiger partial charge in [0.25, 0.3) is 0 Å². The Morgan fingerprint density at radius 2 is 2.15 bits per heavy atom. The zero-order chi connectivity index (χ0) is 14.8. The van der Waals surface area contributed by atoms with E-state index in [-0.39, 0.29) is 17.5 Å². The number of halogens is 1. The molecule has 0 spiro atoms. The summed E-state index contributed by atoms with van der Waals surface area (Å²) >= 11 is 3.44. The van der Waals surface area contributed by atoms with Crippen LogP contribution in [-0.2, 0) is 9.84 Å². The first-order valence-corrected chi connectivity index (χ1v) is 9.37. The van der Waals surface area contributed by atoms with Gasteiger partial charge in [0.2, 0.25) is 0 Å². The van der Waals surface area contributed by atoms with Gasteiger partial charge in [0.15, 0.2) is 9.84 Å². The molecular weight excluding hydrogens is 342 g/mol. The fraction of sp³-hybridized carbons (Fsp3) is 0.571. The molecule has 2 unspecified atom stereocenters. The van der Waals surface area contributed by atoms with Gasteiger partial charge in [0.05, 0.1) is 17.6 Å². The highest BCUT2D eigenvalue weighted by Gasteiger charge is 2.28. The van der Waals surface area contributed by atoms with Crippen LogP contribution in [0.3, 0.4) is 0 Å². The first-order chi connectivity index (χ1) is 9.39. The Morgan fingerprint density at radius 3 is 2.80 bits per heavy atom. The van der Waals surface area contributed by atoms with Crippen molar-refractivity contribution in [2.45, 2.75) is 25.5 Å². The van der Waals surface area contributed by atoms with Gasteiger partial charge in [0.1, 0.15) is 0 Å². The van der Waals surface area contributed by atoms with E-state index in [4.69, 9.17) is 0 Å². The van der Waals surface area contributed by atoms with Crippen LogP contribution in [0.25, 0.3) is 0 Å². The standard InChI is InChI=1S/C14H20BrNO3S/c1-11-10-20(18,19)9-8-16(11)7-6-14(17)12-4-2-3-5-13(12)15/h2-5,11,14,17H,6-10H2,1H3. The minimum absolute atomic E-state index is 0.0279. The van der Waals surface area contributed by atoms with Gasteiger partial charge in [-0.2, -0.15) is 0 Å². The monoisotopic (exact) mass is 361 g/mol. The number of hydrogen-bond donors (Lipinski definition) is 1. The molecule has 0 radical (unpaired) electrons. The Morgan fingerprint density at radius 1 is 1.45 bits per heavy atom. The van der Waals surface area contributed by atoms with Crippen LogP contribution in [-0.4, -0.2) is 49.1 Å². The second kappa shape index (κ2) is 6.56. The Labute approximate surface area is 128 Å². The Balaban J connectivity index is 1.91. The van der Waals surface area contributed by atoms with Gasteiger partial charge in [-0.05, 0) is 25.0 Å². The van der Waals surface area contributed by atoms with Crippen molar-refractivity contribution in [2.24, 2.45) is 0 Å². The molecule has 2 atom stereocenters. The maximum Gasteiger partial charge on any atom is 0.153 e. The topological polar surface area (TPSA) is 57.6 Å². The van der Waals surface area contributed by atoms with E-state index < -0.39 is 15.9 Å². The molecule has 1 aliphatic rings. The molecule has 0 aliphatic carbocycles. The maximum absolute atomic E-state index is 11.5. The zero-order valence-corrected chi connectivity index (χ0v) is 13.9. The van der Waals surface area contributed by atoms with Crippen molar-refractivity contribution in [1.29, 1.82) is 0 Å². The van der Waals surface area contributed by atoms with Crippen molar-refractivity contribution in [2.75, 3.05) is 24.6 Å². The second-order valence-corrected chi connectivity index (χ2v) is 8.41. The van der Waals surface area contributed by atoms with Crippen molar-refractivity contribution in [3.05, 3.63) is 34.3 Å². The first-order valence-electron chi connectivity index (χ1n) is 6.76. The SMILES string of the molecule is CC1CS(=O)(=O)CCN1CCC(O)c1ccccc1Br. The van der Waals surface area contributed by atoms with Crippen LogP contribution in [0.1, 0.15) is 25.0 Å². The number of nitrogens with zero attached hydrogens (tertiary/aromatic N) is 1. The smallest absolute Gasteiger partial charge is 0.153 e. The number of hydrogen-bond acceptors (Lipinski definition) is 4. The normalized spacial score (nSPS) is 24.4. The fourth-order valence-corrected chi connectivity index (χ4v) is 4.73. The number of benzene rings is 1. The van der Waals surface area contributed by atoms with E-state index in [0.29, 0.717) is 19.5 Å². The summed E-state index contributed by atoms with van der Waals surface area (Å²) in [5.74, 6) is 0.445. The highest BCUT2D eigenvalue weighted by molar-refractivity contribution is 9.10. The van der Waals surface area contributed by atoms with Crippen LogP contribution in [0.4, 0.5) is 0 Å². The maximum atomic E-state index is 11.5. The summed E-state index contributed by atoms with van der Waals surface area (Å²) in [5, 5.41) is 10.2. The third-order valence-electron chi connectivity index (χ3n) is 3.76. The van der Waals surface area contributed by atoms with Crippen LogP contribution >= 0.6 is 15.9 Å². The van der Waals surface area contributed by atoms with Crippen molar-refractivity contribution in [3.63, 3.8) is 0 Å². The van der Waals surface area contributed by atoms with Gasteiger partial charge in [-0.15, -0.1) is 0 Å². The molecule has 1 saturated heterocycles. The molecule has 0 bridgehead atoms. The Kier molecular flexibility index (Phi) is 5.23. The van der Waals surface area contributed by atoms with Crippen molar-refractivity contribution < 1.29 is 13.5 Å². The highest BCUT2D eigenvalue weighted by Crippen LogP contribution is 2.26. The third-order valence-corrected chi connectivity index (χ3v) is 6.28. The minimum Gasteiger partial charge on any atom is -0.388 e. The van der Waals surface area contributed by atoms with Crippen LogP contribution < -0.4 is 0 Å². The van der Waals surface area contributed by atoms with Crippen LogP contribution in [0.5, 0.6) is 0 Å². The molecule has 2 rings (SSSR count). The van der Waals surface area contributed by atoms with E-state index in [1.54, 1.807) is 0 Å². The predicted octanol–water partition coefficient (Wildman–Crippen LogP) is 1.99. The van der Waals surface area contributed by atoms with Crippen LogP contribution in [0.15, 0.2) is 28.7 Å². The summed E-state index contributed by atoms with van der Waals surface area (Å²) in [6, 6.07) is 7.66. The number of aliphatic hydroxyl groups is 1. The molecule has 20 heavy (non-hydrogen) atoms. The quantitative estimate of drug-likeness (QED) is 0.890.